The Morgan fingerprint density at radius 2 is 2.17 bits per heavy atom. The first kappa shape index (κ1) is 15.4. The van der Waals surface area contributed by atoms with E-state index >= 15 is 0 Å². The van der Waals surface area contributed by atoms with Gasteiger partial charge in [0.25, 0.3) is 5.91 Å². The number of halogens is 2. The number of hydrogen-bond acceptors (Lipinski definition) is 3. The van der Waals surface area contributed by atoms with Gasteiger partial charge in [-0.1, -0.05) is 0 Å². The monoisotopic (exact) mass is 333 g/mol. The number of carbonyl (C=O) groups is 1. The van der Waals surface area contributed by atoms with Gasteiger partial charge in [0.05, 0.1) is 0 Å². The number of rotatable bonds is 2. The largest absolute Gasteiger partial charge is 0.345 e. The molecule has 1 aliphatic rings. The molecule has 2 rings (SSSR count). The lowest BCUT2D eigenvalue weighted by Gasteiger charge is -2.34. The maximum absolute atomic E-state index is 12.1. The summed E-state index contributed by atoms with van der Waals surface area (Å²) in [5.74, 6) is -0.109. The number of hydrogen-bond donors (Lipinski definition) is 2. The topological polar surface area (TPSA) is 54.0 Å². The Kier molecular flexibility index (Phi) is 5.56. The van der Waals surface area contributed by atoms with Gasteiger partial charge >= 0.3 is 0 Å². The van der Waals surface area contributed by atoms with Crippen LogP contribution in [-0.4, -0.2) is 29.5 Å². The first-order valence-electron chi connectivity index (χ1n) is 5.74. The van der Waals surface area contributed by atoms with Crippen molar-refractivity contribution in [3.8, 4) is 0 Å². The van der Waals surface area contributed by atoms with Gasteiger partial charge in [0, 0.05) is 16.2 Å². The third-order valence-corrected chi connectivity index (χ3v) is 3.74. The molecule has 6 heteroatoms. The zero-order chi connectivity index (χ0) is 12.3. The molecule has 0 aliphatic carbocycles. The lowest BCUT2D eigenvalue weighted by molar-refractivity contribution is 0.0881. The highest BCUT2D eigenvalue weighted by Crippen LogP contribution is 2.19. The fourth-order valence-electron chi connectivity index (χ4n) is 1.99. The van der Waals surface area contributed by atoms with Crippen molar-refractivity contribution in [2.45, 2.75) is 25.3 Å². The fraction of sp³-hybridized carbons (Fsp3) is 0.500. The molecule has 1 fully saturated rings. The Morgan fingerprint density at radius 3 is 2.78 bits per heavy atom. The van der Waals surface area contributed by atoms with Crippen LogP contribution in [0.25, 0.3) is 0 Å². The summed E-state index contributed by atoms with van der Waals surface area (Å²) in [6.45, 7) is 3.98. The van der Waals surface area contributed by atoms with E-state index in [4.69, 9.17) is 0 Å². The second-order valence-corrected chi connectivity index (χ2v) is 5.45. The predicted molar refractivity (Wildman–Crippen MR) is 77.2 cm³/mol. The summed E-state index contributed by atoms with van der Waals surface area (Å²) in [5.41, 5.74) is 0.325. The summed E-state index contributed by atoms with van der Waals surface area (Å²) in [6, 6.07) is 3.62. The summed E-state index contributed by atoms with van der Waals surface area (Å²) < 4.78 is 0.732. The van der Waals surface area contributed by atoms with Crippen LogP contribution in [0, 0.1) is 0 Å². The van der Waals surface area contributed by atoms with Crippen molar-refractivity contribution in [2.75, 3.05) is 13.1 Å². The van der Waals surface area contributed by atoms with Gasteiger partial charge in [-0.3, -0.25) is 4.79 Å². The molecule has 0 saturated carbocycles. The molecule has 18 heavy (non-hydrogen) atoms. The molecule has 0 radical (unpaired) electrons. The Balaban J connectivity index is 0.00000162. The van der Waals surface area contributed by atoms with E-state index in [-0.39, 0.29) is 23.9 Å². The van der Waals surface area contributed by atoms with Gasteiger partial charge in [-0.2, -0.15) is 0 Å². The molecular weight excluding hydrogens is 318 g/mol. The van der Waals surface area contributed by atoms with Crippen LogP contribution in [0.3, 0.4) is 0 Å². The van der Waals surface area contributed by atoms with Gasteiger partial charge in [0.1, 0.15) is 5.69 Å². The smallest absolute Gasteiger partial charge is 0.271 e. The van der Waals surface area contributed by atoms with Crippen LogP contribution in [0.1, 0.15) is 30.3 Å². The molecule has 0 unspecified atom stereocenters. The van der Waals surface area contributed by atoms with Crippen LogP contribution < -0.4 is 10.6 Å². The van der Waals surface area contributed by atoms with E-state index < -0.39 is 0 Å². The predicted octanol–water partition coefficient (Wildman–Crippen LogP) is 2.14. The minimum Gasteiger partial charge on any atom is -0.345 e. The normalized spacial score (nSPS) is 17.7. The summed E-state index contributed by atoms with van der Waals surface area (Å²) in [4.78, 5) is 16.2. The number of amides is 1. The second-order valence-electron chi connectivity index (χ2n) is 4.60. The minimum absolute atomic E-state index is 0. The van der Waals surface area contributed by atoms with E-state index in [9.17, 15) is 4.79 Å². The average molecular weight is 335 g/mol. The lowest BCUT2D eigenvalue weighted by Crippen LogP contribution is -2.52. The second kappa shape index (κ2) is 6.50. The highest BCUT2D eigenvalue weighted by molar-refractivity contribution is 9.10. The summed E-state index contributed by atoms with van der Waals surface area (Å²) in [5, 5.41) is 6.37. The molecule has 0 atom stereocenters. The van der Waals surface area contributed by atoms with E-state index in [1.54, 1.807) is 12.3 Å². The van der Waals surface area contributed by atoms with Gasteiger partial charge in [-0.15, -0.1) is 12.4 Å². The van der Waals surface area contributed by atoms with Crippen LogP contribution in [0.5, 0.6) is 0 Å². The molecule has 1 amide bonds. The highest BCUT2D eigenvalue weighted by atomic mass is 79.9. The van der Waals surface area contributed by atoms with Crippen molar-refractivity contribution in [3.63, 3.8) is 0 Å². The van der Waals surface area contributed by atoms with Crippen LogP contribution in [-0.2, 0) is 0 Å². The zero-order valence-electron chi connectivity index (χ0n) is 10.2. The molecule has 0 bridgehead atoms. The number of carbonyl (C=O) groups excluding carboxylic acids is 1. The van der Waals surface area contributed by atoms with Crippen molar-refractivity contribution >= 4 is 34.2 Å². The van der Waals surface area contributed by atoms with Crippen LogP contribution in [0.4, 0.5) is 0 Å². The van der Waals surface area contributed by atoms with Gasteiger partial charge in [0.2, 0.25) is 0 Å². The first-order chi connectivity index (χ1) is 8.11. The maximum Gasteiger partial charge on any atom is 0.271 e. The SMILES string of the molecule is CC1(NC(=O)c2ncccc2Br)CCNCC1.Cl. The van der Waals surface area contributed by atoms with E-state index in [1.807, 2.05) is 6.07 Å². The molecule has 1 saturated heterocycles. The number of nitrogens with zero attached hydrogens (tertiary/aromatic N) is 1. The Morgan fingerprint density at radius 1 is 1.50 bits per heavy atom. The van der Waals surface area contributed by atoms with E-state index in [0.717, 1.165) is 30.4 Å². The molecule has 1 aromatic rings. The molecule has 0 spiro atoms. The number of pyridine rings is 1. The highest BCUT2D eigenvalue weighted by Gasteiger charge is 2.29. The Bertz CT molecular complexity index is 422. The molecule has 1 aromatic heterocycles. The van der Waals surface area contributed by atoms with Gasteiger partial charge < -0.3 is 10.6 Å². The zero-order valence-corrected chi connectivity index (χ0v) is 12.6. The molecule has 4 nitrogen and oxygen atoms in total. The van der Waals surface area contributed by atoms with Gasteiger partial charge in [-0.05, 0) is 60.9 Å². The first-order valence-corrected chi connectivity index (χ1v) is 6.54. The molecule has 2 heterocycles. The number of aromatic nitrogens is 1. The molecular formula is C12H17BrClN3O. The van der Waals surface area contributed by atoms with E-state index in [0.29, 0.717) is 5.69 Å². The van der Waals surface area contributed by atoms with Crippen molar-refractivity contribution in [1.29, 1.82) is 0 Å². The fourth-order valence-corrected chi connectivity index (χ4v) is 2.42. The summed E-state index contributed by atoms with van der Waals surface area (Å²) in [7, 11) is 0. The van der Waals surface area contributed by atoms with Crippen molar-refractivity contribution in [3.05, 3.63) is 28.5 Å². The lowest BCUT2D eigenvalue weighted by atomic mass is 9.90. The molecule has 1 aliphatic heterocycles. The Hall–Kier alpha value is -0.650. The number of piperidine rings is 1. The van der Waals surface area contributed by atoms with Gasteiger partial charge in [0.15, 0.2) is 0 Å². The summed E-state index contributed by atoms with van der Waals surface area (Å²) >= 11 is 3.34. The van der Waals surface area contributed by atoms with Crippen molar-refractivity contribution in [2.24, 2.45) is 0 Å². The Labute approximate surface area is 121 Å². The quantitative estimate of drug-likeness (QED) is 0.871. The van der Waals surface area contributed by atoms with Crippen molar-refractivity contribution in [1.82, 2.24) is 15.6 Å². The molecule has 2 N–H and O–H groups in total. The third kappa shape index (κ3) is 3.67. The standard InChI is InChI=1S/C12H16BrN3O.ClH/c1-12(4-7-14-8-5-12)16-11(17)10-9(13)3-2-6-15-10;/h2-3,6,14H,4-5,7-8H2,1H3,(H,16,17);1H. The molecule has 100 valence electrons. The number of nitrogens with one attached hydrogen (secondary N) is 2. The van der Waals surface area contributed by atoms with Gasteiger partial charge in [-0.25, -0.2) is 4.98 Å². The summed E-state index contributed by atoms with van der Waals surface area (Å²) in [6.07, 6.45) is 3.52. The van der Waals surface area contributed by atoms with E-state index in [2.05, 4.69) is 38.5 Å². The average Bonchev–Trinajstić information content (AvgIpc) is 2.29. The van der Waals surface area contributed by atoms with Crippen LogP contribution >= 0.6 is 28.3 Å². The van der Waals surface area contributed by atoms with E-state index in [1.165, 1.54) is 0 Å². The van der Waals surface area contributed by atoms with Crippen molar-refractivity contribution < 1.29 is 4.79 Å². The third-order valence-electron chi connectivity index (χ3n) is 3.10. The minimum atomic E-state index is -0.126. The maximum atomic E-state index is 12.1. The molecule has 0 aromatic carbocycles. The van der Waals surface area contributed by atoms with Crippen LogP contribution in [0.15, 0.2) is 22.8 Å². The van der Waals surface area contributed by atoms with Crippen LogP contribution in [0.2, 0.25) is 0 Å².